The van der Waals surface area contributed by atoms with E-state index < -0.39 is 15.4 Å². The summed E-state index contributed by atoms with van der Waals surface area (Å²) >= 11 is 0. The summed E-state index contributed by atoms with van der Waals surface area (Å²) in [6.07, 6.45) is 1.07. The Morgan fingerprint density at radius 2 is 1.54 bits per heavy atom. The topological polar surface area (TPSA) is 72.8 Å². The molecule has 0 bridgehead atoms. The number of aliphatic hydroxyl groups is 1. The summed E-state index contributed by atoms with van der Waals surface area (Å²) in [6.45, 7) is 1.21. The summed E-state index contributed by atoms with van der Waals surface area (Å²) in [5.41, 5.74) is -0.882. The van der Waals surface area contributed by atoms with Crippen molar-refractivity contribution in [3.63, 3.8) is 0 Å². The first-order valence-corrected chi connectivity index (χ1v) is 9.31. The van der Waals surface area contributed by atoms with E-state index in [1.165, 1.54) is 12.1 Å². The molecule has 6 heteroatoms. The molecule has 5 nitrogen and oxygen atoms in total. The standard InChI is InChI=1S/C18H20O5S/c19-18(10-12-22-13-11-18)14-23-15-6-8-17(9-7-15)24(20,21)16-4-2-1-3-5-16/h1-9,19H,10-14H2. The van der Waals surface area contributed by atoms with Gasteiger partial charge >= 0.3 is 0 Å². The number of sulfone groups is 1. The monoisotopic (exact) mass is 348 g/mol. The van der Waals surface area contributed by atoms with E-state index in [-0.39, 0.29) is 16.4 Å². The van der Waals surface area contributed by atoms with Gasteiger partial charge in [-0.1, -0.05) is 18.2 Å². The van der Waals surface area contributed by atoms with Crippen LogP contribution < -0.4 is 4.74 Å². The van der Waals surface area contributed by atoms with Crippen LogP contribution in [0.2, 0.25) is 0 Å². The molecule has 0 spiro atoms. The highest BCUT2D eigenvalue weighted by molar-refractivity contribution is 7.91. The molecule has 0 aliphatic carbocycles. The second-order valence-corrected chi connectivity index (χ2v) is 7.86. The molecule has 2 aromatic rings. The zero-order valence-electron chi connectivity index (χ0n) is 13.2. The Hall–Kier alpha value is -1.89. The molecule has 0 unspecified atom stereocenters. The van der Waals surface area contributed by atoms with Crippen molar-refractivity contribution in [2.24, 2.45) is 0 Å². The number of benzene rings is 2. The number of hydrogen-bond donors (Lipinski definition) is 1. The van der Waals surface area contributed by atoms with Crippen LogP contribution in [0.1, 0.15) is 12.8 Å². The van der Waals surface area contributed by atoms with Crippen molar-refractivity contribution in [2.75, 3.05) is 19.8 Å². The van der Waals surface area contributed by atoms with Gasteiger partial charge in [-0.2, -0.15) is 0 Å². The van der Waals surface area contributed by atoms with Gasteiger partial charge in [-0.15, -0.1) is 0 Å². The molecule has 1 heterocycles. The van der Waals surface area contributed by atoms with Gasteiger partial charge in [-0.3, -0.25) is 0 Å². The van der Waals surface area contributed by atoms with Crippen molar-refractivity contribution >= 4 is 9.84 Å². The van der Waals surface area contributed by atoms with Crippen LogP contribution >= 0.6 is 0 Å². The third-order valence-electron chi connectivity index (χ3n) is 4.12. The SMILES string of the molecule is O=S(=O)(c1ccccc1)c1ccc(OCC2(O)CCOCC2)cc1. The van der Waals surface area contributed by atoms with Gasteiger partial charge in [0.25, 0.3) is 0 Å². The molecule has 0 saturated carbocycles. The summed E-state index contributed by atoms with van der Waals surface area (Å²) < 4.78 is 35.9. The Labute approximate surface area is 141 Å². The summed E-state index contributed by atoms with van der Waals surface area (Å²) in [5.74, 6) is 0.530. The average Bonchev–Trinajstić information content (AvgIpc) is 2.62. The molecule has 0 radical (unpaired) electrons. The Morgan fingerprint density at radius 3 is 2.17 bits per heavy atom. The molecule has 128 valence electrons. The van der Waals surface area contributed by atoms with E-state index in [9.17, 15) is 13.5 Å². The maximum Gasteiger partial charge on any atom is 0.206 e. The van der Waals surface area contributed by atoms with Crippen molar-refractivity contribution < 1.29 is 23.0 Å². The molecular formula is C18H20O5S. The highest BCUT2D eigenvalue weighted by atomic mass is 32.2. The zero-order valence-corrected chi connectivity index (χ0v) is 14.0. The smallest absolute Gasteiger partial charge is 0.206 e. The number of rotatable bonds is 5. The maximum absolute atomic E-state index is 12.5. The zero-order chi connectivity index (χ0) is 17.0. The van der Waals surface area contributed by atoms with Gasteiger partial charge < -0.3 is 14.6 Å². The Kier molecular flexibility index (Phi) is 4.89. The highest BCUT2D eigenvalue weighted by Gasteiger charge is 2.30. The molecule has 0 atom stereocenters. The number of ether oxygens (including phenoxy) is 2. The lowest BCUT2D eigenvalue weighted by molar-refractivity contribution is -0.0855. The minimum absolute atomic E-state index is 0.168. The molecular weight excluding hydrogens is 328 g/mol. The predicted octanol–water partition coefficient (Wildman–Crippen LogP) is 2.44. The van der Waals surface area contributed by atoms with Gasteiger partial charge in [0.15, 0.2) is 0 Å². The average molecular weight is 348 g/mol. The predicted molar refractivity (Wildman–Crippen MR) is 88.8 cm³/mol. The van der Waals surface area contributed by atoms with Crippen molar-refractivity contribution in [1.29, 1.82) is 0 Å². The summed E-state index contributed by atoms with van der Waals surface area (Å²) in [6, 6.07) is 14.6. The molecule has 1 aliphatic heterocycles. The fourth-order valence-electron chi connectivity index (χ4n) is 2.56. The molecule has 1 fully saturated rings. The van der Waals surface area contributed by atoms with Crippen LogP contribution in [0.25, 0.3) is 0 Å². The van der Waals surface area contributed by atoms with Crippen LogP contribution in [0.15, 0.2) is 64.4 Å². The molecule has 24 heavy (non-hydrogen) atoms. The second-order valence-electron chi connectivity index (χ2n) is 5.91. The van der Waals surface area contributed by atoms with Crippen LogP contribution in [0.3, 0.4) is 0 Å². The van der Waals surface area contributed by atoms with Crippen molar-refractivity contribution in [2.45, 2.75) is 28.2 Å². The fraction of sp³-hybridized carbons (Fsp3) is 0.333. The lowest BCUT2D eigenvalue weighted by Gasteiger charge is -2.31. The second kappa shape index (κ2) is 6.93. The Morgan fingerprint density at radius 1 is 0.958 bits per heavy atom. The maximum atomic E-state index is 12.5. The summed E-state index contributed by atoms with van der Waals surface area (Å²) in [5, 5.41) is 10.4. The van der Waals surface area contributed by atoms with Crippen LogP contribution in [0, 0.1) is 0 Å². The van der Waals surface area contributed by atoms with E-state index in [0.717, 1.165) is 0 Å². The molecule has 2 aromatic carbocycles. The van der Waals surface area contributed by atoms with Crippen molar-refractivity contribution in [1.82, 2.24) is 0 Å². The van der Waals surface area contributed by atoms with Gasteiger partial charge in [0.05, 0.1) is 9.79 Å². The van der Waals surface area contributed by atoms with Gasteiger partial charge in [0.1, 0.15) is 18.0 Å². The van der Waals surface area contributed by atoms with E-state index >= 15 is 0 Å². The van der Waals surface area contributed by atoms with Crippen LogP contribution in [0.5, 0.6) is 5.75 Å². The molecule has 0 amide bonds. The normalized spacial score (nSPS) is 17.4. The largest absolute Gasteiger partial charge is 0.491 e. The summed E-state index contributed by atoms with van der Waals surface area (Å²) in [4.78, 5) is 0.473. The first-order valence-electron chi connectivity index (χ1n) is 7.83. The number of hydrogen-bond acceptors (Lipinski definition) is 5. The van der Waals surface area contributed by atoms with E-state index in [1.807, 2.05) is 0 Å². The quantitative estimate of drug-likeness (QED) is 0.898. The Balaban J connectivity index is 1.69. The van der Waals surface area contributed by atoms with E-state index in [2.05, 4.69) is 0 Å². The minimum atomic E-state index is -3.52. The lowest BCUT2D eigenvalue weighted by atomic mass is 9.96. The third-order valence-corrected chi connectivity index (χ3v) is 5.90. The van der Waals surface area contributed by atoms with E-state index in [1.54, 1.807) is 42.5 Å². The molecule has 1 N–H and O–H groups in total. The van der Waals surface area contributed by atoms with Crippen molar-refractivity contribution in [3.05, 3.63) is 54.6 Å². The minimum Gasteiger partial charge on any atom is -0.491 e. The van der Waals surface area contributed by atoms with E-state index in [0.29, 0.717) is 31.8 Å². The van der Waals surface area contributed by atoms with Gasteiger partial charge in [0, 0.05) is 26.1 Å². The molecule has 1 saturated heterocycles. The van der Waals surface area contributed by atoms with Crippen LogP contribution in [-0.4, -0.2) is 38.9 Å². The lowest BCUT2D eigenvalue weighted by Crippen LogP contribution is -2.41. The van der Waals surface area contributed by atoms with Gasteiger partial charge in [-0.25, -0.2) is 8.42 Å². The van der Waals surface area contributed by atoms with Crippen LogP contribution in [0.4, 0.5) is 0 Å². The highest BCUT2D eigenvalue weighted by Crippen LogP contribution is 2.25. The third kappa shape index (κ3) is 3.77. The molecule has 3 rings (SSSR count). The van der Waals surface area contributed by atoms with Crippen molar-refractivity contribution in [3.8, 4) is 5.75 Å². The van der Waals surface area contributed by atoms with E-state index in [4.69, 9.17) is 9.47 Å². The van der Waals surface area contributed by atoms with Crippen LogP contribution in [-0.2, 0) is 14.6 Å². The van der Waals surface area contributed by atoms with Gasteiger partial charge in [0.2, 0.25) is 9.84 Å². The molecule has 1 aliphatic rings. The fourth-order valence-corrected chi connectivity index (χ4v) is 3.85. The first-order chi connectivity index (χ1) is 11.5. The first kappa shape index (κ1) is 17.0. The summed E-state index contributed by atoms with van der Waals surface area (Å²) in [7, 11) is -3.52. The Bertz CT molecular complexity index is 763. The van der Waals surface area contributed by atoms with Gasteiger partial charge in [-0.05, 0) is 36.4 Å². The molecule has 0 aromatic heterocycles.